The van der Waals surface area contributed by atoms with Crippen molar-refractivity contribution in [1.29, 1.82) is 0 Å². The molecule has 0 aliphatic rings. The maximum Gasteiger partial charge on any atom is 0.204 e. The van der Waals surface area contributed by atoms with Gasteiger partial charge in [0.2, 0.25) is 5.78 Å². The van der Waals surface area contributed by atoms with Crippen molar-refractivity contribution in [3.8, 4) is 0 Å². The van der Waals surface area contributed by atoms with E-state index in [1.165, 1.54) is 0 Å². The fourth-order valence-electron chi connectivity index (χ4n) is 2.10. The molecule has 20 heavy (non-hydrogen) atoms. The molecule has 4 heteroatoms. The number of benzene rings is 1. The standard InChI is InChI=1S/C16H13N3O/c1-11-9-18-16(19-10-11)15(20)8-12-6-7-17-14-5-3-2-4-13(12)14/h2-7,9-10H,8H2,1H3. The first-order valence-electron chi connectivity index (χ1n) is 6.38. The van der Waals surface area contributed by atoms with Crippen LogP contribution in [0.25, 0.3) is 10.9 Å². The zero-order valence-corrected chi connectivity index (χ0v) is 11.1. The van der Waals surface area contributed by atoms with E-state index in [4.69, 9.17) is 0 Å². The molecule has 0 spiro atoms. The number of aryl methyl sites for hydroxylation is 1. The van der Waals surface area contributed by atoms with Gasteiger partial charge in [0.15, 0.2) is 5.82 Å². The summed E-state index contributed by atoms with van der Waals surface area (Å²) >= 11 is 0. The van der Waals surface area contributed by atoms with Crippen molar-refractivity contribution in [2.24, 2.45) is 0 Å². The molecule has 2 heterocycles. The van der Waals surface area contributed by atoms with Gasteiger partial charge in [0.25, 0.3) is 0 Å². The summed E-state index contributed by atoms with van der Waals surface area (Å²) in [6.45, 7) is 1.89. The number of pyridine rings is 1. The average molecular weight is 263 g/mol. The molecule has 0 saturated carbocycles. The number of nitrogens with zero attached hydrogens (tertiary/aromatic N) is 3. The minimum atomic E-state index is -0.0821. The van der Waals surface area contributed by atoms with Crippen molar-refractivity contribution >= 4 is 16.7 Å². The number of hydrogen-bond acceptors (Lipinski definition) is 4. The number of hydrogen-bond donors (Lipinski definition) is 0. The van der Waals surface area contributed by atoms with Crippen molar-refractivity contribution < 1.29 is 4.79 Å². The fourth-order valence-corrected chi connectivity index (χ4v) is 2.10. The summed E-state index contributed by atoms with van der Waals surface area (Å²) < 4.78 is 0. The van der Waals surface area contributed by atoms with E-state index in [1.807, 2.05) is 37.3 Å². The lowest BCUT2D eigenvalue weighted by Gasteiger charge is -2.04. The van der Waals surface area contributed by atoms with E-state index in [-0.39, 0.29) is 18.0 Å². The third kappa shape index (κ3) is 2.40. The molecular formula is C16H13N3O. The number of Topliss-reactive ketones (excluding diaryl/α,β-unsaturated/α-hetero) is 1. The van der Waals surface area contributed by atoms with E-state index in [0.29, 0.717) is 0 Å². The largest absolute Gasteiger partial charge is 0.290 e. The molecular weight excluding hydrogens is 250 g/mol. The number of fused-ring (bicyclic) bond motifs is 1. The van der Waals surface area contributed by atoms with Crippen molar-refractivity contribution in [2.45, 2.75) is 13.3 Å². The van der Waals surface area contributed by atoms with Crippen LogP contribution in [0.1, 0.15) is 21.7 Å². The summed E-state index contributed by atoms with van der Waals surface area (Å²) in [5, 5.41) is 0.996. The summed E-state index contributed by atoms with van der Waals surface area (Å²) in [5.41, 5.74) is 2.78. The molecule has 98 valence electrons. The number of aromatic nitrogens is 3. The predicted octanol–water partition coefficient (Wildman–Crippen LogP) is 2.76. The van der Waals surface area contributed by atoms with E-state index in [1.54, 1.807) is 18.6 Å². The Labute approximate surface area is 116 Å². The van der Waals surface area contributed by atoms with Crippen LogP contribution in [0.5, 0.6) is 0 Å². The molecule has 4 nitrogen and oxygen atoms in total. The Morgan fingerprint density at radius 3 is 2.60 bits per heavy atom. The predicted molar refractivity (Wildman–Crippen MR) is 76.5 cm³/mol. The van der Waals surface area contributed by atoms with Crippen LogP contribution in [0.4, 0.5) is 0 Å². The van der Waals surface area contributed by atoms with Crippen LogP contribution in [-0.2, 0) is 6.42 Å². The van der Waals surface area contributed by atoms with Gasteiger partial charge < -0.3 is 0 Å². The molecule has 3 aromatic rings. The molecule has 1 aromatic carbocycles. The average Bonchev–Trinajstić information content (AvgIpc) is 2.48. The zero-order valence-electron chi connectivity index (χ0n) is 11.1. The Bertz CT molecular complexity index is 761. The minimum absolute atomic E-state index is 0.0821. The second kappa shape index (κ2) is 5.17. The van der Waals surface area contributed by atoms with Crippen molar-refractivity contribution in [3.63, 3.8) is 0 Å². The van der Waals surface area contributed by atoms with Crippen LogP contribution in [-0.4, -0.2) is 20.7 Å². The number of carbonyl (C=O) groups is 1. The molecule has 0 fully saturated rings. The van der Waals surface area contributed by atoms with Crippen molar-refractivity contribution in [1.82, 2.24) is 15.0 Å². The third-order valence-electron chi connectivity index (χ3n) is 3.12. The first-order chi connectivity index (χ1) is 9.74. The van der Waals surface area contributed by atoms with Gasteiger partial charge in [0.1, 0.15) is 0 Å². The van der Waals surface area contributed by atoms with Gasteiger partial charge in [-0.1, -0.05) is 18.2 Å². The molecule has 0 radical (unpaired) electrons. The van der Waals surface area contributed by atoms with E-state index >= 15 is 0 Å². The number of rotatable bonds is 3. The van der Waals surface area contributed by atoms with Gasteiger partial charge >= 0.3 is 0 Å². The van der Waals surface area contributed by atoms with Gasteiger partial charge in [-0.25, -0.2) is 9.97 Å². The monoisotopic (exact) mass is 263 g/mol. The lowest BCUT2D eigenvalue weighted by Crippen LogP contribution is -2.09. The van der Waals surface area contributed by atoms with E-state index in [2.05, 4.69) is 15.0 Å². The minimum Gasteiger partial charge on any atom is -0.290 e. The number of para-hydroxylation sites is 1. The van der Waals surface area contributed by atoms with Gasteiger partial charge in [-0.15, -0.1) is 0 Å². The highest BCUT2D eigenvalue weighted by molar-refractivity contribution is 5.96. The molecule has 0 N–H and O–H groups in total. The number of carbonyl (C=O) groups excluding carboxylic acids is 1. The summed E-state index contributed by atoms with van der Waals surface area (Å²) in [4.78, 5) is 24.7. The van der Waals surface area contributed by atoms with Crippen molar-refractivity contribution in [3.05, 3.63) is 65.9 Å². The molecule has 2 aromatic heterocycles. The SMILES string of the molecule is Cc1cnc(C(=O)Cc2ccnc3ccccc23)nc1. The molecule has 0 amide bonds. The zero-order chi connectivity index (χ0) is 13.9. The quantitative estimate of drug-likeness (QED) is 0.682. The fraction of sp³-hybridized carbons (Fsp3) is 0.125. The second-order valence-electron chi connectivity index (χ2n) is 4.67. The normalized spacial score (nSPS) is 10.7. The Morgan fingerprint density at radius 1 is 1.05 bits per heavy atom. The van der Waals surface area contributed by atoms with Crippen LogP contribution < -0.4 is 0 Å². The van der Waals surface area contributed by atoms with Crippen molar-refractivity contribution in [2.75, 3.05) is 0 Å². The van der Waals surface area contributed by atoms with Gasteiger partial charge in [-0.2, -0.15) is 0 Å². The van der Waals surface area contributed by atoms with E-state index in [0.717, 1.165) is 22.0 Å². The summed E-state index contributed by atoms with van der Waals surface area (Å²) in [5.74, 6) is 0.179. The Morgan fingerprint density at radius 2 is 1.80 bits per heavy atom. The molecule has 0 unspecified atom stereocenters. The second-order valence-corrected chi connectivity index (χ2v) is 4.67. The molecule has 0 saturated heterocycles. The lowest BCUT2D eigenvalue weighted by atomic mass is 10.0. The van der Waals surface area contributed by atoms with Crippen LogP contribution in [0.2, 0.25) is 0 Å². The van der Waals surface area contributed by atoms with Gasteiger partial charge in [-0.3, -0.25) is 9.78 Å². The van der Waals surface area contributed by atoms with Crippen LogP contribution in [0.3, 0.4) is 0 Å². The Kier molecular flexibility index (Phi) is 3.21. The summed E-state index contributed by atoms with van der Waals surface area (Å²) in [6, 6.07) is 9.66. The highest BCUT2D eigenvalue weighted by Crippen LogP contribution is 2.17. The highest BCUT2D eigenvalue weighted by Gasteiger charge is 2.12. The summed E-state index contributed by atoms with van der Waals surface area (Å²) in [6.07, 6.45) is 5.32. The van der Waals surface area contributed by atoms with E-state index < -0.39 is 0 Å². The van der Waals surface area contributed by atoms with Crippen LogP contribution in [0, 0.1) is 6.92 Å². The Balaban J connectivity index is 1.93. The molecule has 0 atom stereocenters. The first-order valence-corrected chi connectivity index (χ1v) is 6.38. The van der Waals surface area contributed by atoms with Gasteiger partial charge in [-0.05, 0) is 30.2 Å². The van der Waals surface area contributed by atoms with Gasteiger partial charge in [0.05, 0.1) is 5.52 Å². The number of ketones is 1. The van der Waals surface area contributed by atoms with Crippen LogP contribution >= 0.6 is 0 Å². The van der Waals surface area contributed by atoms with Gasteiger partial charge in [0, 0.05) is 30.4 Å². The van der Waals surface area contributed by atoms with E-state index in [9.17, 15) is 4.79 Å². The first kappa shape index (κ1) is 12.4. The smallest absolute Gasteiger partial charge is 0.204 e. The highest BCUT2D eigenvalue weighted by atomic mass is 16.1. The summed E-state index contributed by atoms with van der Waals surface area (Å²) in [7, 11) is 0. The Hall–Kier alpha value is -2.62. The third-order valence-corrected chi connectivity index (χ3v) is 3.12. The lowest BCUT2D eigenvalue weighted by molar-refractivity contribution is 0.0983. The maximum atomic E-state index is 12.2. The van der Waals surface area contributed by atoms with Crippen LogP contribution in [0.15, 0.2) is 48.9 Å². The molecule has 3 rings (SSSR count). The molecule has 0 aliphatic heterocycles. The maximum absolute atomic E-state index is 12.2. The molecule has 0 aliphatic carbocycles. The topological polar surface area (TPSA) is 55.7 Å². The molecule has 0 bridgehead atoms.